The fourth-order valence-electron chi connectivity index (χ4n) is 3.89. The van der Waals surface area contributed by atoms with Crippen LogP contribution in [0.5, 0.6) is 0 Å². The second-order valence-electron chi connectivity index (χ2n) is 7.44. The number of carbonyl (C=O) groups is 1. The van der Waals surface area contributed by atoms with E-state index in [1.165, 1.54) is 6.33 Å². The minimum Gasteiger partial charge on any atom is -0.331 e. The number of likely N-dealkylation sites (tertiary alicyclic amines) is 1. The van der Waals surface area contributed by atoms with E-state index >= 15 is 0 Å². The number of nitrogens with one attached hydrogen (secondary N) is 1. The molecule has 0 saturated carbocycles. The highest BCUT2D eigenvalue weighted by molar-refractivity contribution is 5.75. The molecule has 7 heteroatoms. The number of carbonyl (C=O) groups excluding carboxylic acids is 1. The van der Waals surface area contributed by atoms with Crippen LogP contribution in [-0.4, -0.2) is 37.2 Å². The Labute approximate surface area is 170 Å². The summed E-state index contributed by atoms with van der Waals surface area (Å²) in [5.41, 5.74) is 3.15. The molecule has 1 aliphatic heterocycles. The molecule has 0 aliphatic carbocycles. The van der Waals surface area contributed by atoms with Gasteiger partial charge >= 0.3 is 6.03 Å². The quantitative estimate of drug-likeness (QED) is 0.729. The Morgan fingerprint density at radius 1 is 1.07 bits per heavy atom. The van der Waals surface area contributed by atoms with Gasteiger partial charge in [-0.15, -0.1) is 0 Å². The SMILES string of the molecule is CC(NC(=O)N1CCCCCC1c1ccncc1)c1ccc(-n2cncn2)cc1. The zero-order chi connectivity index (χ0) is 20.1. The van der Waals surface area contributed by atoms with Crippen LogP contribution in [0.4, 0.5) is 4.79 Å². The van der Waals surface area contributed by atoms with Crippen molar-refractivity contribution in [1.82, 2.24) is 30.0 Å². The first-order valence-electron chi connectivity index (χ1n) is 10.1. The highest BCUT2D eigenvalue weighted by Gasteiger charge is 2.27. The Bertz CT molecular complexity index is 910. The Kier molecular flexibility index (Phi) is 5.84. The van der Waals surface area contributed by atoms with Crippen molar-refractivity contribution in [2.45, 2.75) is 44.7 Å². The van der Waals surface area contributed by atoms with Crippen LogP contribution < -0.4 is 5.32 Å². The molecule has 4 rings (SSSR count). The maximum atomic E-state index is 13.1. The van der Waals surface area contributed by atoms with Crippen molar-refractivity contribution in [3.8, 4) is 5.69 Å². The van der Waals surface area contributed by atoms with E-state index in [0.29, 0.717) is 0 Å². The first kappa shape index (κ1) is 19.1. The molecule has 2 atom stereocenters. The zero-order valence-corrected chi connectivity index (χ0v) is 16.6. The van der Waals surface area contributed by atoms with Crippen LogP contribution in [0.3, 0.4) is 0 Å². The number of hydrogen-bond donors (Lipinski definition) is 1. The molecular weight excluding hydrogens is 364 g/mol. The molecular formula is C22H26N6O. The summed E-state index contributed by atoms with van der Waals surface area (Å²) in [7, 11) is 0. The lowest BCUT2D eigenvalue weighted by Gasteiger charge is -2.31. The Morgan fingerprint density at radius 3 is 2.59 bits per heavy atom. The second kappa shape index (κ2) is 8.86. The molecule has 7 nitrogen and oxygen atoms in total. The minimum absolute atomic E-state index is 0.0124. The molecule has 1 aromatic carbocycles. The van der Waals surface area contributed by atoms with E-state index in [1.54, 1.807) is 23.4 Å². The summed E-state index contributed by atoms with van der Waals surface area (Å²) in [6.45, 7) is 2.79. The molecule has 29 heavy (non-hydrogen) atoms. The molecule has 150 valence electrons. The smallest absolute Gasteiger partial charge is 0.318 e. The second-order valence-corrected chi connectivity index (χ2v) is 7.44. The van der Waals surface area contributed by atoms with Gasteiger partial charge in [0.05, 0.1) is 17.8 Å². The van der Waals surface area contributed by atoms with Crippen molar-refractivity contribution in [2.24, 2.45) is 0 Å². The van der Waals surface area contributed by atoms with Gasteiger partial charge in [-0.2, -0.15) is 5.10 Å². The van der Waals surface area contributed by atoms with Crippen molar-refractivity contribution < 1.29 is 4.79 Å². The molecule has 3 heterocycles. The lowest BCUT2D eigenvalue weighted by molar-refractivity contribution is 0.172. The van der Waals surface area contributed by atoms with Crippen LogP contribution in [-0.2, 0) is 0 Å². The number of hydrogen-bond acceptors (Lipinski definition) is 4. The van der Waals surface area contributed by atoms with Crippen LogP contribution in [0.1, 0.15) is 55.8 Å². The van der Waals surface area contributed by atoms with Gasteiger partial charge in [0.25, 0.3) is 0 Å². The molecule has 2 unspecified atom stereocenters. The zero-order valence-electron chi connectivity index (χ0n) is 16.6. The molecule has 2 aromatic heterocycles. The molecule has 1 N–H and O–H groups in total. The molecule has 0 bridgehead atoms. The number of pyridine rings is 1. The maximum Gasteiger partial charge on any atom is 0.318 e. The summed E-state index contributed by atoms with van der Waals surface area (Å²) in [5, 5.41) is 7.33. The van der Waals surface area contributed by atoms with Crippen LogP contribution in [0, 0.1) is 0 Å². The maximum absolute atomic E-state index is 13.1. The van der Waals surface area contributed by atoms with E-state index in [0.717, 1.165) is 49.0 Å². The van der Waals surface area contributed by atoms with Gasteiger partial charge in [-0.05, 0) is 55.2 Å². The van der Waals surface area contributed by atoms with E-state index in [4.69, 9.17) is 0 Å². The summed E-state index contributed by atoms with van der Waals surface area (Å²) < 4.78 is 1.71. The van der Waals surface area contributed by atoms with E-state index in [-0.39, 0.29) is 18.1 Å². The number of aromatic nitrogens is 4. The summed E-state index contributed by atoms with van der Waals surface area (Å²) in [5.74, 6) is 0. The van der Waals surface area contributed by atoms with Crippen molar-refractivity contribution >= 4 is 6.03 Å². The first-order chi connectivity index (χ1) is 14.2. The fraction of sp³-hybridized carbons (Fsp3) is 0.364. The van der Waals surface area contributed by atoms with E-state index in [2.05, 4.69) is 20.4 Å². The molecule has 0 spiro atoms. The Hall–Kier alpha value is -3.22. The van der Waals surface area contributed by atoms with Gasteiger partial charge in [-0.3, -0.25) is 4.98 Å². The molecule has 1 fully saturated rings. The summed E-state index contributed by atoms with van der Waals surface area (Å²) in [6.07, 6.45) is 11.1. The van der Waals surface area contributed by atoms with Gasteiger partial charge in [-0.25, -0.2) is 14.5 Å². The number of nitrogens with zero attached hydrogens (tertiary/aromatic N) is 5. The van der Waals surface area contributed by atoms with Crippen LogP contribution in [0.2, 0.25) is 0 Å². The van der Waals surface area contributed by atoms with E-state index in [1.807, 2.05) is 48.2 Å². The van der Waals surface area contributed by atoms with Gasteiger partial charge in [0.15, 0.2) is 0 Å². The predicted molar refractivity (Wildman–Crippen MR) is 110 cm³/mol. The summed E-state index contributed by atoms with van der Waals surface area (Å²) in [4.78, 5) is 23.2. The fourth-order valence-corrected chi connectivity index (χ4v) is 3.89. The standard InChI is InChI=1S/C22H26N6O/c1-17(18-6-8-20(9-7-18)28-16-24-15-25-28)26-22(29)27-14-4-2-3-5-21(27)19-10-12-23-13-11-19/h6-13,15-17,21H,2-5,14H2,1H3,(H,26,29). The van der Waals surface area contributed by atoms with Crippen molar-refractivity contribution in [2.75, 3.05) is 6.54 Å². The van der Waals surface area contributed by atoms with Gasteiger partial charge in [-0.1, -0.05) is 25.0 Å². The lowest BCUT2D eigenvalue weighted by atomic mass is 10.0. The third-order valence-electron chi connectivity index (χ3n) is 5.52. The van der Waals surface area contributed by atoms with Gasteiger partial charge in [0.2, 0.25) is 0 Å². The summed E-state index contributed by atoms with van der Waals surface area (Å²) >= 11 is 0. The largest absolute Gasteiger partial charge is 0.331 e. The van der Waals surface area contributed by atoms with Crippen molar-refractivity contribution in [3.63, 3.8) is 0 Å². The van der Waals surface area contributed by atoms with Crippen LogP contribution in [0.25, 0.3) is 5.69 Å². The van der Waals surface area contributed by atoms with Gasteiger partial charge in [0, 0.05) is 18.9 Å². The lowest BCUT2D eigenvalue weighted by Crippen LogP contribution is -2.43. The Balaban J connectivity index is 1.46. The highest BCUT2D eigenvalue weighted by atomic mass is 16.2. The monoisotopic (exact) mass is 390 g/mol. The van der Waals surface area contributed by atoms with E-state index < -0.39 is 0 Å². The third kappa shape index (κ3) is 4.45. The molecule has 2 amide bonds. The molecule has 0 radical (unpaired) electrons. The third-order valence-corrected chi connectivity index (χ3v) is 5.52. The number of urea groups is 1. The average molecular weight is 390 g/mol. The number of rotatable bonds is 4. The number of amides is 2. The normalized spacial score (nSPS) is 18.1. The van der Waals surface area contributed by atoms with Gasteiger partial charge < -0.3 is 10.2 Å². The Morgan fingerprint density at radius 2 is 1.86 bits per heavy atom. The molecule has 1 saturated heterocycles. The first-order valence-corrected chi connectivity index (χ1v) is 10.1. The van der Waals surface area contributed by atoms with Crippen molar-refractivity contribution in [3.05, 3.63) is 72.6 Å². The average Bonchev–Trinajstić information content (AvgIpc) is 3.18. The highest BCUT2D eigenvalue weighted by Crippen LogP contribution is 2.30. The van der Waals surface area contributed by atoms with Gasteiger partial charge in [0.1, 0.15) is 12.7 Å². The predicted octanol–water partition coefficient (Wildman–Crippen LogP) is 4.05. The minimum atomic E-state index is -0.0892. The summed E-state index contributed by atoms with van der Waals surface area (Å²) in [6, 6.07) is 12.0. The van der Waals surface area contributed by atoms with E-state index in [9.17, 15) is 4.79 Å². The molecule has 3 aromatic rings. The van der Waals surface area contributed by atoms with Crippen LogP contribution >= 0.6 is 0 Å². The number of benzene rings is 1. The van der Waals surface area contributed by atoms with Crippen molar-refractivity contribution in [1.29, 1.82) is 0 Å². The topological polar surface area (TPSA) is 75.9 Å². The molecule has 1 aliphatic rings. The van der Waals surface area contributed by atoms with Crippen LogP contribution in [0.15, 0.2) is 61.4 Å².